The summed E-state index contributed by atoms with van der Waals surface area (Å²) >= 11 is 6.31. The molecule has 0 unspecified atom stereocenters. The number of nitrogens with zero attached hydrogens (tertiary/aromatic N) is 2. The number of rotatable bonds is 1. The number of benzene rings is 1. The van der Waals surface area contributed by atoms with E-state index >= 15 is 0 Å². The Labute approximate surface area is 132 Å². The highest BCUT2D eigenvalue weighted by Gasteiger charge is 2.18. The Hall–Kier alpha value is -2.33. The van der Waals surface area contributed by atoms with Crippen LogP contribution < -0.4 is 0 Å². The van der Waals surface area contributed by atoms with E-state index in [1.54, 1.807) is 6.20 Å². The van der Waals surface area contributed by atoms with Crippen molar-refractivity contribution in [3.05, 3.63) is 46.6 Å². The number of aryl methyl sites for hydroxylation is 3. The average molecular weight is 312 g/mol. The van der Waals surface area contributed by atoms with Crippen molar-refractivity contribution in [1.29, 1.82) is 0 Å². The van der Waals surface area contributed by atoms with E-state index in [0.29, 0.717) is 5.15 Å². The van der Waals surface area contributed by atoms with Gasteiger partial charge < -0.3 is 9.51 Å². The Kier molecular flexibility index (Phi) is 2.78. The van der Waals surface area contributed by atoms with Crippen LogP contribution in [0.25, 0.3) is 32.9 Å². The molecule has 3 heterocycles. The second kappa shape index (κ2) is 4.58. The summed E-state index contributed by atoms with van der Waals surface area (Å²) in [5, 5.41) is 6.61. The lowest BCUT2D eigenvalue weighted by atomic mass is 9.98. The van der Waals surface area contributed by atoms with Gasteiger partial charge in [-0.05, 0) is 44.5 Å². The number of H-pyrrole nitrogens is 1. The van der Waals surface area contributed by atoms with Crippen molar-refractivity contribution >= 4 is 33.4 Å². The Morgan fingerprint density at radius 2 is 2.00 bits per heavy atom. The minimum atomic E-state index is 0.513. The fourth-order valence-corrected chi connectivity index (χ4v) is 3.37. The third kappa shape index (κ3) is 1.77. The molecule has 0 aliphatic carbocycles. The maximum absolute atomic E-state index is 6.31. The molecular weight excluding hydrogens is 298 g/mol. The molecule has 1 aromatic carbocycles. The van der Waals surface area contributed by atoms with E-state index in [1.165, 1.54) is 0 Å². The summed E-state index contributed by atoms with van der Waals surface area (Å²) in [6.45, 7) is 5.96. The molecule has 0 saturated carbocycles. The molecule has 0 saturated heterocycles. The molecule has 0 spiro atoms. The molecular formula is C17H14ClN3O. The quantitative estimate of drug-likeness (QED) is 0.506. The van der Waals surface area contributed by atoms with Crippen molar-refractivity contribution in [2.24, 2.45) is 0 Å². The summed E-state index contributed by atoms with van der Waals surface area (Å²) in [5.41, 5.74) is 6.16. The minimum absolute atomic E-state index is 0.513. The lowest BCUT2D eigenvalue weighted by Gasteiger charge is -2.05. The van der Waals surface area contributed by atoms with Crippen LogP contribution in [0.2, 0.25) is 5.15 Å². The van der Waals surface area contributed by atoms with Crippen molar-refractivity contribution in [3.8, 4) is 11.1 Å². The van der Waals surface area contributed by atoms with Crippen LogP contribution in [0.5, 0.6) is 0 Å². The van der Waals surface area contributed by atoms with Gasteiger partial charge >= 0.3 is 0 Å². The molecule has 5 heteroatoms. The zero-order valence-corrected chi connectivity index (χ0v) is 13.2. The Balaban J connectivity index is 2.21. The largest absolute Gasteiger partial charge is 0.361 e. The molecule has 22 heavy (non-hydrogen) atoms. The topological polar surface area (TPSA) is 54.7 Å². The van der Waals surface area contributed by atoms with E-state index in [9.17, 15) is 0 Å². The number of hydrogen-bond acceptors (Lipinski definition) is 3. The minimum Gasteiger partial charge on any atom is -0.361 e. The van der Waals surface area contributed by atoms with E-state index in [-0.39, 0.29) is 0 Å². The third-order valence-electron chi connectivity index (χ3n) is 4.02. The number of halogens is 1. The van der Waals surface area contributed by atoms with Gasteiger partial charge in [0.2, 0.25) is 0 Å². The molecule has 0 amide bonds. The highest BCUT2D eigenvalue weighted by molar-refractivity contribution is 6.37. The summed E-state index contributed by atoms with van der Waals surface area (Å²) in [7, 11) is 0. The summed E-state index contributed by atoms with van der Waals surface area (Å²) in [4.78, 5) is 7.66. The van der Waals surface area contributed by atoms with E-state index < -0.39 is 0 Å². The lowest BCUT2D eigenvalue weighted by Crippen LogP contribution is -1.86. The van der Waals surface area contributed by atoms with Crippen LogP contribution in [0, 0.1) is 20.8 Å². The van der Waals surface area contributed by atoms with Crippen LogP contribution in [-0.4, -0.2) is 15.1 Å². The molecule has 0 bridgehead atoms. The second-order valence-corrected chi connectivity index (χ2v) is 5.94. The van der Waals surface area contributed by atoms with Crippen LogP contribution >= 0.6 is 11.6 Å². The number of fused-ring (bicyclic) bond motifs is 3. The monoisotopic (exact) mass is 311 g/mol. The molecule has 3 aromatic heterocycles. The Morgan fingerprint density at radius 3 is 2.73 bits per heavy atom. The zero-order valence-electron chi connectivity index (χ0n) is 12.5. The van der Waals surface area contributed by atoms with Gasteiger partial charge in [-0.1, -0.05) is 16.8 Å². The molecule has 110 valence electrons. The summed E-state index contributed by atoms with van der Waals surface area (Å²) in [5.74, 6) is 0.812. The molecule has 0 radical (unpaired) electrons. The maximum Gasteiger partial charge on any atom is 0.141 e. The zero-order chi connectivity index (χ0) is 15.4. The van der Waals surface area contributed by atoms with Crippen LogP contribution in [-0.2, 0) is 0 Å². The molecule has 0 atom stereocenters. The van der Waals surface area contributed by atoms with Gasteiger partial charge in [0.05, 0.1) is 16.7 Å². The van der Waals surface area contributed by atoms with Crippen molar-refractivity contribution in [2.75, 3.05) is 0 Å². The van der Waals surface area contributed by atoms with E-state index in [1.807, 2.05) is 19.9 Å². The maximum atomic E-state index is 6.31. The number of hydrogen-bond donors (Lipinski definition) is 1. The second-order valence-electron chi connectivity index (χ2n) is 5.58. The van der Waals surface area contributed by atoms with Gasteiger partial charge in [0, 0.05) is 28.1 Å². The van der Waals surface area contributed by atoms with Gasteiger partial charge in [-0.15, -0.1) is 0 Å². The van der Waals surface area contributed by atoms with Gasteiger partial charge in [-0.2, -0.15) is 0 Å². The molecule has 1 N–H and O–H groups in total. The fraction of sp³-hybridized carbons (Fsp3) is 0.176. The molecule has 0 aliphatic heterocycles. The smallest absolute Gasteiger partial charge is 0.141 e. The highest BCUT2D eigenvalue weighted by atomic mass is 35.5. The molecule has 4 aromatic rings. The van der Waals surface area contributed by atoms with Crippen LogP contribution in [0.15, 0.2) is 28.9 Å². The highest BCUT2D eigenvalue weighted by Crippen LogP contribution is 2.38. The molecule has 4 nitrogen and oxygen atoms in total. The summed E-state index contributed by atoms with van der Waals surface area (Å²) < 4.78 is 5.33. The average Bonchev–Trinajstić information content (AvgIpc) is 3.00. The van der Waals surface area contributed by atoms with Crippen LogP contribution in [0.1, 0.15) is 17.0 Å². The summed E-state index contributed by atoms with van der Waals surface area (Å²) in [6.07, 6.45) is 1.71. The predicted molar refractivity (Wildman–Crippen MR) is 88.3 cm³/mol. The number of aromatic amines is 1. The van der Waals surface area contributed by atoms with Gasteiger partial charge in [-0.3, -0.25) is 0 Å². The van der Waals surface area contributed by atoms with Crippen LogP contribution in [0.3, 0.4) is 0 Å². The predicted octanol–water partition coefficient (Wildman–Crippen LogP) is 4.95. The summed E-state index contributed by atoms with van der Waals surface area (Å²) in [6, 6.07) is 6.21. The molecule has 0 fully saturated rings. The van der Waals surface area contributed by atoms with Gasteiger partial charge in [0.15, 0.2) is 0 Å². The van der Waals surface area contributed by atoms with E-state index in [0.717, 1.165) is 50.0 Å². The van der Waals surface area contributed by atoms with Crippen molar-refractivity contribution < 1.29 is 4.52 Å². The Bertz CT molecular complexity index is 1010. The normalized spacial score (nSPS) is 11.6. The molecule has 4 rings (SSSR count). The number of aromatic nitrogens is 3. The lowest BCUT2D eigenvalue weighted by molar-refractivity contribution is 0.393. The SMILES string of the molecule is Cc1cc(-c2c(C)noc2C)c2[nH]c3ccnc(Cl)c3c2c1. The van der Waals surface area contributed by atoms with Gasteiger partial charge in [0.1, 0.15) is 10.9 Å². The van der Waals surface area contributed by atoms with Crippen molar-refractivity contribution in [1.82, 2.24) is 15.1 Å². The van der Waals surface area contributed by atoms with Gasteiger partial charge in [-0.25, -0.2) is 4.98 Å². The number of pyridine rings is 1. The van der Waals surface area contributed by atoms with E-state index in [2.05, 4.69) is 34.2 Å². The fourth-order valence-electron chi connectivity index (χ4n) is 3.11. The first-order chi connectivity index (χ1) is 10.6. The van der Waals surface area contributed by atoms with Gasteiger partial charge in [0.25, 0.3) is 0 Å². The Morgan fingerprint density at radius 1 is 1.18 bits per heavy atom. The van der Waals surface area contributed by atoms with Crippen LogP contribution in [0.4, 0.5) is 0 Å². The standard InChI is InChI=1S/C17H14ClN3O/c1-8-6-11(14-9(2)21-22-10(14)3)16-12(7-8)15-13(20-16)4-5-19-17(15)18/h4-7,20H,1-3H3. The van der Waals surface area contributed by atoms with Crippen molar-refractivity contribution in [3.63, 3.8) is 0 Å². The molecule has 0 aliphatic rings. The van der Waals surface area contributed by atoms with Crippen molar-refractivity contribution in [2.45, 2.75) is 20.8 Å². The number of nitrogens with one attached hydrogen (secondary N) is 1. The first-order valence-electron chi connectivity index (χ1n) is 7.06. The first kappa shape index (κ1) is 13.3. The first-order valence-corrected chi connectivity index (χ1v) is 7.44. The van der Waals surface area contributed by atoms with E-state index in [4.69, 9.17) is 16.1 Å². The third-order valence-corrected chi connectivity index (χ3v) is 4.31.